The number of allylic oxidation sites excluding steroid dienone is 1. The van der Waals surface area contributed by atoms with E-state index in [1.165, 1.54) is 12.5 Å². The molecule has 1 N–H and O–H groups in total. The van der Waals surface area contributed by atoms with E-state index in [-0.39, 0.29) is 6.04 Å². The molecular formula is C21H21N3O2. The average Bonchev–Trinajstić information content (AvgIpc) is 2.67. The van der Waals surface area contributed by atoms with Crippen molar-refractivity contribution >= 4 is 28.7 Å². The number of nitrogens with one attached hydrogen (secondary N) is 1. The SMILES string of the molecule is N#CC(C(=O)/C=C/c1cccc2cccnc12)C(=O)NC1CCCCC1. The van der Waals surface area contributed by atoms with Gasteiger partial charge in [-0.3, -0.25) is 14.6 Å². The number of pyridine rings is 1. The Labute approximate surface area is 152 Å². The van der Waals surface area contributed by atoms with Crippen molar-refractivity contribution in [3.63, 3.8) is 0 Å². The fourth-order valence-corrected chi connectivity index (χ4v) is 3.31. The van der Waals surface area contributed by atoms with Gasteiger partial charge in [-0.1, -0.05) is 43.5 Å². The van der Waals surface area contributed by atoms with Gasteiger partial charge in [0.25, 0.3) is 0 Å². The summed E-state index contributed by atoms with van der Waals surface area (Å²) in [6, 6.07) is 11.4. The Bertz CT molecular complexity index is 871. The average molecular weight is 347 g/mol. The molecule has 1 unspecified atom stereocenters. The van der Waals surface area contributed by atoms with E-state index in [0.717, 1.165) is 42.1 Å². The number of benzene rings is 1. The van der Waals surface area contributed by atoms with Crippen molar-refractivity contribution in [1.29, 1.82) is 5.26 Å². The molecule has 0 saturated heterocycles. The molecular weight excluding hydrogens is 326 g/mol. The molecule has 1 saturated carbocycles. The fourth-order valence-electron chi connectivity index (χ4n) is 3.31. The first-order chi connectivity index (χ1) is 12.7. The molecule has 0 bridgehead atoms. The number of amides is 1. The summed E-state index contributed by atoms with van der Waals surface area (Å²) in [7, 11) is 0. The summed E-state index contributed by atoms with van der Waals surface area (Å²) in [6.07, 6.45) is 9.76. The van der Waals surface area contributed by atoms with Crippen LogP contribution < -0.4 is 5.32 Å². The molecule has 1 fully saturated rings. The van der Waals surface area contributed by atoms with Gasteiger partial charge in [0.1, 0.15) is 0 Å². The number of carbonyl (C=O) groups is 2. The Balaban J connectivity index is 1.71. The van der Waals surface area contributed by atoms with Crippen LogP contribution in [0.2, 0.25) is 0 Å². The minimum Gasteiger partial charge on any atom is -0.352 e. The van der Waals surface area contributed by atoms with E-state index in [2.05, 4.69) is 10.3 Å². The van der Waals surface area contributed by atoms with Gasteiger partial charge in [-0.15, -0.1) is 0 Å². The van der Waals surface area contributed by atoms with Crippen LogP contribution in [-0.2, 0) is 9.59 Å². The molecule has 5 heteroatoms. The highest BCUT2D eigenvalue weighted by Gasteiger charge is 2.27. The third kappa shape index (κ3) is 4.15. The molecule has 3 rings (SSSR count). The topological polar surface area (TPSA) is 82.8 Å². The van der Waals surface area contributed by atoms with Crippen LogP contribution in [0.4, 0.5) is 0 Å². The summed E-state index contributed by atoms with van der Waals surface area (Å²) in [5.41, 5.74) is 1.56. The molecule has 1 aliphatic rings. The van der Waals surface area contributed by atoms with Crippen molar-refractivity contribution in [1.82, 2.24) is 10.3 Å². The fraction of sp³-hybridized carbons (Fsp3) is 0.333. The normalized spacial score (nSPS) is 16.3. The molecule has 0 spiro atoms. The van der Waals surface area contributed by atoms with E-state index in [1.807, 2.05) is 36.4 Å². The van der Waals surface area contributed by atoms with Crippen molar-refractivity contribution in [3.05, 3.63) is 48.2 Å². The van der Waals surface area contributed by atoms with Gasteiger partial charge in [0.2, 0.25) is 5.91 Å². The predicted octanol–water partition coefficient (Wildman–Crippen LogP) is 3.41. The number of hydrogen-bond acceptors (Lipinski definition) is 4. The minimum atomic E-state index is -1.31. The van der Waals surface area contributed by atoms with Crippen molar-refractivity contribution in [2.45, 2.75) is 38.1 Å². The van der Waals surface area contributed by atoms with Crippen molar-refractivity contribution in [3.8, 4) is 6.07 Å². The van der Waals surface area contributed by atoms with Gasteiger partial charge in [0.05, 0.1) is 11.6 Å². The molecule has 1 aromatic carbocycles. The Morgan fingerprint density at radius 1 is 1.19 bits per heavy atom. The number of hydrogen-bond donors (Lipinski definition) is 1. The first-order valence-corrected chi connectivity index (χ1v) is 8.94. The highest BCUT2D eigenvalue weighted by molar-refractivity contribution is 6.10. The van der Waals surface area contributed by atoms with Crippen LogP contribution in [0.1, 0.15) is 37.7 Å². The van der Waals surface area contributed by atoms with Crippen LogP contribution in [0.15, 0.2) is 42.6 Å². The highest BCUT2D eigenvalue weighted by Crippen LogP contribution is 2.19. The Kier molecular flexibility index (Phi) is 5.75. The molecule has 0 radical (unpaired) electrons. The lowest BCUT2D eigenvalue weighted by Gasteiger charge is -2.23. The van der Waals surface area contributed by atoms with E-state index >= 15 is 0 Å². The van der Waals surface area contributed by atoms with Crippen molar-refractivity contribution in [2.24, 2.45) is 5.92 Å². The third-order valence-electron chi connectivity index (χ3n) is 4.72. The largest absolute Gasteiger partial charge is 0.352 e. The van der Waals surface area contributed by atoms with Crippen molar-refractivity contribution < 1.29 is 9.59 Å². The van der Waals surface area contributed by atoms with E-state index in [1.54, 1.807) is 12.3 Å². The Morgan fingerprint density at radius 3 is 2.73 bits per heavy atom. The number of fused-ring (bicyclic) bond motifs is 1. The first-order valence-electron chi connectivity index (χ1n) is 8.94. The van der Waals surface area contributed by atoms with Crippen LogP contribution >= 0.6 is 0 Å². The Morgan fingerprint density at radius 2 is 1.96 bits per heavy atom. The standard InChI is InChI=1S/C21H21N3O2/c22-14-18(21(26)24-17-9-2-1-3-10-17)19(25)12-11-16-7-4-6-15-8-5-13-23-20(15)16/h4-8,11-13,17-18H,1-3,9-10H2,(H,24,26)/b12-11+. The summed E-state index contributed by atoms with van der Waals surface area (Å²) in [6.45, 7) is 0. The first kappa shape index (κ1) is 17.8. The summed E-state index contributed by atoms with van der Waals surface area (Å²) in [4.78, 5) is 29.0. The van der Waals surface area contributed by atoms with Crippen molar-refractivity contribution in [2.75, 3.05) is 0 Å². The van der Waals surface area contributed by atoms with E-state index in [0.29, 0.717) is 0 Å². The number of para-hydroxylation sites is 1. The van der Waals surface area contributed by atoms with Gasteiger partial charge in [0, 0.05) is 23.2 Å². The van der Waals surface area contributed by atoms with Crippen LogP contribution in [0.3, 0.4) is 0 Å². The number of aromatic nitrogens is 1. The molecule has 1 amide bonds. The van der Waals surface area contributed by atoms with Gasteiger partial charge in [0.15, 0.2) is 11.7 Å². The number of nitrogens with zero attached hydrogens (tertiary/aromatic N) is 2. The second kappa shape index (κ2) is 8.39. The smallest absolute Gasteiger partial charge is 0.245 e. The number of nitriles is 1. The number of ketones is 1. The molecule has 5 nitrogen and oxygen atoms in total. The maximum absolute atomic E-state index is 12.4. The zero-order valence-corrected chi connectivity index (χ0v) is 14.5. The lowest BCUT2D eigenvalue weighted by molar-refractivity contribution is -0.130. The maximum Gasteiger partial charge on any atom is 0.245 e. The van der Waals surface area contributed by atoms with Gasteiger partial charge >= 0.3 is 0 Å². The Hall–Kier alpha value is -3.00. The van der Waals surface area contributed by atoms with Crippen LogP contribution in [-0.4, -0.2) is 22.7 Å². The molecule has 1 heterocycles. The lowest BCUT2D eigenvalue weighted by Crippen LogP contribution is -2.41. The lowest BCUT2D eigenvalue weighted by atomic mass is 9.94. The second-order valence-corrected chi connectivity index (χ2v) is 6.56. The second-order valence-electron chi connectivity index (χ2n) is 6.56. The monoisotopic (exact) mass is 347 g/mol. The molecule has 2 aromatic rings. The van der Waals surface area contributed by atoms with Crippen LogP contribution in [0, 0.1) is 17.2 Å². The maximum atomic E-state index is 12.4. The summed E-state index contributed by atoms with van der Waals surface area (Å²) < 4.78 is 0. The summed E-state index contributed by atoms with van der Waals surface area (Å²) in [5.74, 6) is -2.31. The summed E-state index contributed by atoms with van der Waals surface area (Å²) in [5, 5.41) is 13.1. The number of rotatable bonds is 5. The molecule has 132 valence electrons. The number of carbonyl (C=O) groups excluding carboxylic acids is 2. The zero-order valence-electron chi connectivity index (χ0n) is 14.5. The molecule has 1 atom stereocenters. The third-order valence-corrected chi connectivity index (χ3v) is 4.72. The molecule has 0 aliphatic heterocycles. The van der Waals surface area contributed by atoms with E-state index in [9.17, 15) is 14.9 Å². The van der Waals surface area contributed by atoms with E-state index < -0.39 is 17.6 Å². The van der Waals surface area contributed by atoms with Gasteiger partial charge in [-0.05, 0) is 31.1 Å². The quantitative estimate of drug-likeness (QED) is 0.664. The van der Waals surface area contributed by atoms with E-state index in [4.69, 9.17) is 0 Å². The highest BCUT2D eigenvalue weighted by atomic mass is 16.2. The van der Waals surface area contributed by atoms with Gasteiger partial charge in [-0.2, -0.15) is 5.26 Å². The molecule has 1 aromatic heterocycles. The predicted molar refractivity (Wildman–Crippen MR) is 99.9 cm³/mol. The van der Waals surface area contributed by atoms with Crippen LogP contribution in [0.25, 0.3) is 17.0 Å². The van der Waals surface area contributed by atoms with Crippen LogP contribution in [0.5, 0.6) is 0 Å². The summed E-state index contributed by atoms with van der Waals surface area (Å²) >= 11 is 0. The molecule has 26 heavy (non-hydrogen) atoms. The minimum absolute atomic E-state index is 0.0751. The zero-order chi connectivity index (χ0) is 18.4. The van der Waals surface area contributed by atoms with Gasteiger partial charge < -0.3 is 5.32 Å². The molecule has 1 aliphatic carbocycles. The van der Waals surface area contributed by atoms with Gasteiger partial charge in [-0.25, -0.2) is 0 Å².